The normalized spacial score (nSPS) is 17.3. The monoisotopic (exact) mass is 330 g/mol. The summed E-state index contributed by atoms with van der Waals surface area (Å²) in [5.74, 6) is 0.292. The minimum Gasteiger partial charge on any atom is -0.355 e. The van der Waals surface area contributed by atoms with Crippen LogP contribution in [0.2, 0.25) is 0 Å². The molecule has 1 atom stereocenters. The molecule has 1 saturated heterocycles. The highest BCUT2D eigenvalue weighted by Crippen LogP contribution is 2.17. The molecule has 6 nitrogen and oxygen atoms in total. The van der Waals surface area contributed by atoms with E-state index in [1.165, 1.54) is 0 Å². The van der Waals surface area contributed by atoms with Gasteiger partial charge in [-0.15, -0.1) is 6.58 Å². The first-order valence-corrected chi connectivity index (χ1v) is 8.24. The lowest BCUT2D eigenvalue weighted by Crippen LogP contribution is -2.34. The second-order valence-corrected chi connectivity index (χ2v) is 6.15. The molecule has 0 unspecified atom stereocenters. The molecule has 1 aliphatic heterocycles. The van der Waals surface area contributed by atoms with Crippen molar-refractivity contribution in [2.24, 2.45) is 5.92 Å². The maximum Gasteiger partial charge on any atom is 0.319 e. The lowest BCUT2D eigenvalue weighted by atomic mass is 10.1. The van der Waals surface area contributed by atoms with Crippen LogP contribution in [0.25, 0.3) is 0 Å². The van der Waals surface area contributed by atoms with Gasteiger partial charge in [-0.25, -0.2) is 4.79 Å². The van der Waals surface area contributed by atoms with Crippen LogP contribution in [0.5, 0.6) is 0 Å². The molecule has 2 rings (SSSR count). The molecule has 0 aromatic heterocycles. The number of benzene rings is 1. The van der Waals surface area contributed by atoms with Crippen LogP contribution >= 0.6 is 0 Å². The summed E-state index contributed by atoms with van der Waals surface area (Å²) < 4.78 is 0. The second kappa shape index (κ2) is 8.49. The number of amides is 3. The zero-order valence-electron chi connectivity index (χ0n) is 14.4. The Balaban J connectivity index is 1.86. The van der Waals surface area contributed by atoms with Crippen LogP contribution in [0.15, 0.2) is 30.9 Å². The number of aryl methyl sites for hydroxylation is 1. The van der Waals surface area contributed by atoms with Gasteiger partial charge in [0.25, 0.3) is 5.91 Å². The van der Waals surface area contributed by atoms with Gasteiger partial charge >= 0.3 is 6.03 Å². The van der Waals surface area contributed by atoms with Gasteiger partial charge in [-0.1, -0.05) is 12.1 Å². The Labute approximate surface area is 143 Å². The Bertz CT molecular complexity index is 615. The molecule has 1 aromatic rings. The number of nitrogens with one attached hydrogen (secondary N) is 3. The lowest BCUT2D eigenvalue weighted by molar-refractivity contribution is 0.0963. The standard InChI is InChI=1S/C18H26N4O2/c1-4-8-22-9-7-14(12-22)11-20-18(24)21-16-10-15(17(23)19-3)6-5-13(16)2/h4-6,10,14H,1,7-9,11-12H2,2-3H3,(H,19,23)(H2,20,21,24)/t14-/m0/s1. The van der Waals surface area contributed by atoms with Crippen LogP contribution in [0.1, 0.15) is 22.3 Å². The molecule has 1 fully saturated rings. The molecule has 1 aromatic carbocycles. The molecule has 0 radical (unpaired) electrons. The molecule has 24 heavy (non-hydrogen) atoms. The van der Waals surface area contributed by atoms with Gasteiger partial charge in [0.15, 0.2) is 0 Å². The van der Waals surface area contributed by atoms with Gasteiger partial charge in [0, 0.05) is 37.9 Å². The highest BCUT2D eigenvalue weighted by molar-refractivity contribution is 5.97. The number of likely N-dealkylation sites (tertiary alicyclic amines) is 1. The van der Waals surface area contributed by atoms with Crippen molar-refractivity contribution in [2.75, 3.05) is 38.5 Å². The third-order valence-corrected chi connectivity index (χ3v) is 4.28. The quantitative estimate of drug-likeness (QED) is 0.698. The van der Waals surface area contributed by atoms with Gasteiger partial charge in [0.2, 0.25) is 0 Å². The summed E-state index contributed by atoms with van der Waals surface area (Å²) in [6.45, 7) is 9.23. The van der Waals surface area contributed by atoms with E-state index in [1.807, 2.05) is 19.1 Å². The first-order valence-electron chi connectivity index (χ1n) is 8.24. The third kappa shape index (κ3) is 4.83. The predicted molar refractivity (Wildman–Crippen MR) is 96.3 cm³/mol. The van der Waals surface area contributed by atoms with Crippen molar-refractivity contribution in [3.63, 3.8) is 0 Å². The van der Waals surface area contributed by atoms with Crippen molar-refractivity contribution < 1.29 is 9.59 Å². The Morgan fingerprint density at radius 2 is 2.21 bits per heavy atom. The summed E-state index contributed by atoms with van der Waals surface area (Å²) in [7, 11) is 1.58. The number of carbonyl (C=O) groups excluding carboxylic acids is 2. The highest BCUT2D eigenvalue weighted by atomic mass is 16.2. The summed E-state index contributed by atoms with van der Waals surface area (Å²) in [6, 6.07) is 5.01. The van der Waals surface area contributed by atoms with E-state index < -0.39 is 0 Å². The van der Waals surface area contributed by atoms with Crippen molar-refractivity contribution in [3.05, 3.63) is 42.0 Å². The van der Waals surface area contributed by atoms with Gasteiger partial charge < -0.3 is 16.0 Å². The van der Waals surface area contributed by atoms with Gasteiger partial charge in [-0.05, 0) is 43.5 Å². The van der Waals surface area contributed by atoms with Crippen LogP contribution in [0.4, 0.5) is 10.5 Å². The molecule has 1 aliphatic rings. The topological polar surface area (TPSA) is 73.5 Å². The van der Waals surface area contributed by atoms with Crippen LogP contribution in [-0.4, -0.2) is 50.1 Å². The van der Waals surface area contributed by atoms with E-state index in [9.17, 15) is 9.59 Å². The molecular weight excluding hydrogens is 304 g/mol. The fourth-order valence-corrected chi connectivity index (χ4v) is 2.87. The summed E-state index contributed by atoms with van der Waals surface area (Å²) in [6.07, 6.45) is 2.99. The van der Waals surface area contributed by atoms with E-state index in [-0.39, 0.29) is 11.9 Å². The average molecular weight is 330 g/mol. The van der Waals surface area contributed by atoms with E-state index in [1.54, 1.807) is 19.2 Å². The fourth-order valence-electron chi connectivity index (χ4n) is 2.87. The van der Waals surface area contributed by atoms with Gasteiger partial charge in [-0.2, -0.15) is 0 Å². The summed E-state index contributed by atoms with van der Waals surface area (Å²) in [5, 5.41) is 8.33. The molecule has 0 bridgehead atoms. The highest BCUT2D eigenvalue weighted by Gasteiger charge is 2.21. The zero-order valence-corrected chi connectivity index (χ0v) is 14.4. The minimum absolute atomic E-state index is 0.174. The van der Waals surface area contributed by atoms with Gasteiger partial charge in [0.1, 0.15) is 0 Å². The first-order chi connectivity index (χ1) is 11.5. The number of nitrogens with zero attached hydrogens (tertiary/aromatic N) is 1. The molecule has 3 amide bonds. The number of hydrogen-bond donors (Lipinski definition) is 3. The Morgan fingerprint density at radius 1 is 1.42 bits per heavy atom. The summed E-state index contributed by atoms with van der Waals surface area (Å²) in [5.41, 5.74) is 2.08. The molecule has 1 heterocycles. The van der Waals surface area contributed by atoms with Crippen LogP contribution in [-0.2, 0) is 0 Å². The average Bonchev–Trinajstić information content (AvgIpc) is 3.02. The maximum atomic E-state index is 12.1. The number of rotatable bonds is 6. The van der Waals surface area contributed by atoms with Crippen molar-refractivity contribution in [3.8, 4) is 0 Å². The van der Waals surface area contributed by atoms with Crippen LogP contribution < -0.4 is 16.0 Å². The number of carbonyl (C=O) groups is 2. The minimum atomic E-state index is -0.241. The largest absolute Gasteiger partial charge is 0.355 e. The smallest absolute Gasteiger partial charge is 0.319 e. The van der Waals surface area contributed by atoms with Crippen LogP contribution in [0.3, 0.4) is 0 Å². The van der Waals surface area contributed by atoms with Crippen molar-refractivity contribution in [1.29, 1.82) is 0 Å². The van der Waals surface area contributed by atoms with Crippen molar-refractivity contribution >= 4 is 17.6 Å². The lowest BCUT2D eigenvalue weighted by Gasteiger charge is -2.15. The van der Waals surface area contributed by atoms with Crippen molar-refractivity contribution in [2.45, 2.75) is 13.3 Å². The number of anilines is 1. The number of hydrogen-bond acceptors (Lipinski definition) is 3. The molecule has 130 valence electrons. The Hall–Kier alpha value is -2.34. The van der Waals surface area contributed by atoms with E-state index in [4.69, 9.17) is 0 Å². The van der Waals surface area contributed by atoms with E-state index in [2.05, 4.69) is 27.4 Å². The molecule has 0 spiro atoms. The Kier molecular flexibility index (Phi) is 6.37. The molecule has 6 heteroatoms. The fraction of sp³-hybridized carbons (Fsp3) is 0.444. The second-order valence-electron chi connectivity index (χ2n) is 6.15. The molecular formula is C18H26N4O2. The van der Waals surface area contributed by atoms with Gasteiger partial charge in [-0.3, -0.25) is 9.69 Å². The van der Waals surface area contributed by atoms with Gasteiger partial charge in [0.05, 0.1) is 0 Å². The molecule has 0 saturated carbocycles. The first kappa shape index (κ1) is 18.0. The van der Waals surface area contributed by atoms with Crippen LogP contribution in [0, 0.1) is 12.8 Å². The third-order valence-electron chi connectivity index (χ3n) is 4.28. The SMILES string of the molecule is C=CCN1CC[C@@H](CNC(=O)Nc2cc(C(=O)NC)ccc2C)C1. The van der Waals surface area contributed by atoms with E-state index >= 15 is 0 Å². The zero-order chi connectivity index (χ0) is 17.5. The summed E-state index contributed by atoms with van der Waals surface area (Å²) in [4.78, 5) is 26.1. The Morgan fingerprint density at radius 3 is 2.92 bits per heavy atom. The predicted octanol–water partition coefficient (Wildman–Crippen LogP) is 1.98. The molecule has 3 N–H and O–H groups in total. The van der Waals surface area contributed by atoms with Crippen molar-refractivity contribution in [1.82, 2.24) is 15.5 Å². The van der Waals surface area contributed by atoms with E-state index in [0.717, 1.165) is 31.6 Å². The maximum absolute atomic E-state index is 12.1. The molecule has 0 aliphatic carbocycles. The summed E-state index contributed by atoms with van der Waals surface area (Å²) >= 11 is 0. The van der Waals surface area contributed by atoms with E-state index in [0.29, 0.717) is 23.7 Å². The number of urea groups is 1.